The molecule has 1 heterocycles. The van der Waals surface area contributed by atoms with Crippen LogP contribution < -0.4 is 11.1 Å². The van der Waals surface area contributed by atoms with Gasteiger partial charge in [-0.2, -0.15) is 0 Å². The summed E-state index contributed by atoms with van der Waals surface area (Å²) in [4.78, 5) is 15.5. The van der Waals surface area contributed by atoms with Crippen LogP contribution in [-0.2, 0) is 4.79 Å². The third-order valence-electron chi connectivity index (χ3n) is 2.66. The van der Waals surface area contributed by atoms with Gasteiger partial charge in [-0.25, -0.2) is 4.98 Å². The van der Waals surface area contributed by atoms with Gasteiger partial charge in [-0.15, -0.1) is 0 Å². The lowest BCUT2D eigenvalue weighted by Crippen LogP contribution is -2.28. The van der Waals surface area contributed by atoms with Gasteiger partial charge >= 0.3 is 0 Å². The summed E-state index contributed by atoms with van der Waals surface area (Å²) in [6.45, 7) is 0. The second-order valence-electron chi connectivity index (χ2n) is 4.12. The van der Waals surface area contributed by atoms with Crippen molar-refractivity contribution in [3.05, 3.63) is 23.5 Å². The number of rotatable bonds is 4. The zero-order chi connectivity index (χ0) is 11.5. The minimum atomic E-state index is -0.0662. The second kappa shape index (κ2) is 4.80. The number of pyridine rings is 1. The summed E-state index contributed by atoms with van der Waals surface area (Å²) in [5.41, 5.74) is 6.51. The molecule has 0 bridgehead atoms. The molecule has 1 saturated carbocycles. The zero-order valence-electron chi connectivity index (χ0n) is 8.82. The molecule has 1 aromatic heterocycles. The Bertz CT molecular complexity index is 375. The monoisotopic (exact) mass is 239 g/mol. The van der Waals surface area contributed by atoms with Crippen molar-refractivity contribution in [2.45, 2.75) is 25.3 Å². The average Bonchev–Trinajstić information content (AvgIpc) is 3.04. The van der Waals surface area contributed by atoms with Crippen molar-refractivity contribution in [1.82, 2.24) is 4.98 Å². The summed E-state index contributed by atoms with van der Waals surface area (Å²) in [5, 5.41) is 3.15. The van der Waals surface area contributed by atoms with Crippen molar-refractivity contribution < 1.29 is 4.79 Å². The van der Waals surface area contributed by atoms with Crippen molar-refractivity contribution in [2.75, 3.05) is 5.32 Å². The predicted molar refractivity (Wildman–Crippen MR) is 63.2 cm³/mol. The van der Waals surface area contributed by atoms with Crippen molar-refractivity contribution >= 4 is 23.2 Å². The molecule has 5 heteroatoms. The first kappa shape index (κ1) is 11.4. The lowest BCUT2D eigenvalue weighted by molar-refractivity contribution is -0.116. The van der Waals surface area contributed by atoms with Crippen LogP contribution in [0.1, 0.15) is 19.3 Å². The molecule has 0 aromatic carbocycles. The van der Waals surface area contributed by atoms with Crippen LogP contribution in [0, 0.1) is 5.92 Å². The Labute approximate surface area is 99.2 Å². The number of aromatic nitrogens is 1. The van der Waals surface area contributed by atoms with Gasteiger partial charge in [0, 0.05) is 12.5 Å². The summed E-state index contributed by atoms with van der Waals surface area (Å²) in [7, 11) is 0. The average molecular weight is 240 g/mol. The molecule has 3 N–H and O–H groups in total. The first-order chi connectivity index (χ1) is 7.65. The van der Waals surface area contributed by atoms with Gasteiger partial charge in [-0.1, -0.05) is 11.6 Å². The first-order valence-electron chi connectivity index (χ1n) is 5.32. The summed E-state index contributed by atoms with van der Waals surface area (Å²) in [6, 6.07) is 3.34. The van der Waals surface area contributed by atoms with E-state index in [1.807, 2.05) is 0 Å². The highest BCUT2D eigenvalue weighted by molar-refractivity contribution is 6.29. The van der Waals surface area contributed by atoms with Crippen molar-refractivity contribution in [1.29, 1.82) is 0 Å². The standard InChI is InChI=1S/C11H14ClN3O/c12-10-4-3-8(6-14-10)15-11(16)5-9(13)7-1-2-7/h3-4,6-7,9H,1-2,5,13H2,(H,15,16). The van der Waals surface area contributed by atoms with E-state index in [2.05, 4.69) is 10.3 Å². The van der Waals surface area contributed by atoms with Crippen LogP contribution in [0.3, 0.4) is 0 Å². The molecule has 1 aliphatic carbocycles. The third-order valence-corrected chi connectivity index (χ3v) is 2.88. The fourth-order valence-corrected chi connectivity index (χ4v) is 1.68. The molecule has 0 spiro atoms. The van der Waals surface area contributed by atoms with Gasteiger partial charge in [0.2, 0.25) is 5.91 Å². The van der Waals surface area contributed by atoms with Crippen LogP contribution in [0.2, 0.25) is 5.15 Å². The number of halogens is 1. The Balaban J connectivity index is 1.84. The third kappa shape index (κ3) is 3.18. The number of nitrogens with two attached hydrogens (primary N) is 1. The van der Waals surface area contributed by atoms with E-state index in [0.717, 1.165) is 12.8 Å². The number of anilines is 1. The summed E-state index contributed by atoms with van der Waals surface area (Å²) >= 11 is 5.64. The quantitative estimate of drug-likeness (QED) is 0.788. The molecule has 16 heavy (non-hydrogen) atoms. The molecular formula is C11H14ClN3O. The van der Waals surface area contributed by atoms with E-state index < -0.39 is 0 Å². The normalized spacial score (nSPS) is 16.9. The molecule has 2 rings (SSSR count). The van der Waals surface area contributed by atoms with E-state index >= 15 is 0 Å². The van der Waals surface area contributed by atoms with Gasteiger partial charge in [-0.3, -0.25) is 4.79 Å². The van der Waals surface area contributed by atoms with Gasteiger partial charge in [-0.05, 0) is 30.9 Å². The Hall–Kier alpha value is -1.13. The Morgan fingerprint density at radius 3 is 2.94 bits per heavy atom. The highest BCUT2D eigenvalue weighted by Gasteiger charge is 2.29. The molecule has 0 aliphatic heterocycles. The summed E-state index contributed by atoms with van der Waals surface area (Å²) in [5.74, 6) is 0.470. The van der Waals surface area contributed by atoms with E-state index in [1.54, 1.807) is 12.1 Å². The maximum atomic E-state index is 11.6. The predicted octanol–water partition coefficient (Wildman–Crippen LogP) is 1.80. The highest BCUT2D eigenvalue weighted by atomic mass is 35.5. The van der Waals surface area contributed by atoms with Gasteiger partial charge < -0.3 is 11.1 Å². The SMILES string of the molecule is NC(CC(=O)Nc1ccc(Cl)nc1)C1CC1. The lowest BCUT2D eigenvalue weighted by Gasteiger charge is -2.10. The van der Waals surface area contributed by atoms with Gasteiger partial charge in [0.25, 0.3) is 0 Å². The number of carbonyl (C=O) groups excluding carboxylic acids is 1. The van der Waals surface area contributed by atoms with Crippen LogP contribution in [0.25, 0.3) is 0 Å². The largest absolute Gasteiger partial charge is 0.327 e. The minimum absolute atomic E-state index is 0.0136. The number of hydrogen-bond acceptors (Lipinski definition) is 3. The Morgan fingerprint density at radius 2 is 2.38 bits per heavy atom. The first-order valence-corrected chi connectivity index (χ1v) is 5.70. The van der Waals surface area contributed by atoms with Crippen molar-refractivity contribution in [2.24, 2.45) is 11.7 Å². The van der Waals surface area contributed by atoms with E-state index in [9.17, 15) is 4.79 Å². The maximum absolute atomic E-state index is 11.6. The van der Waals surface area contributed by atoms with Crippen LogP contribution in [0.15, 0.2) is 18.3 Å². The Morgan fingerprint density at radius 1 is 1.62 bits per heavy atom. The van der Waals surface area contributed by atoms with Gasteiger partial charge in [0.15, 0.2) is 0 Å². The maximum Gasteiger partial charge on any atom is 0.225 e. The second-order valence-corrected chi connectivity index (χ2v) is 4.51. The van der Waals surface area contributed by atoms with E-state index in [0.29, 0.717) is 23.2 Å². The number of nitrogens with zero attached hydrogens (tertiary/aromatic N) is 1. The lowest BCUT2D eigenvalue weighted by atomic mass is 10.1. The molecule has 1 amide bonds. The van der Waals surface area contributed by atoms with Crippen LogP contribution in [0.4, 0.5) is 5.69 Å². The molecule has 1 unspecified atom stereocenters. The molecule has 1 fully saturated rings. The van der Waals surface area contributed by atoms with Gasteiger partial charge in [0.05, 0.1) is 11.9 Å². The Kier molecular flexibility index (Phi) is 3.41. The van der Waals surface area contributed by atoms with Crippen LogP contribution >= 0.6 is 11.6 Å². The number of hydrogen-bond donors (Lipinski definition) is 2. The zero-order valence-corrected chi connectivity index (χ0v) is 9.57. The van der Waals surface area contributed by atoms with Crippen LogP contribution in [0.5, 0.6) is 0 Å². The number of amides is 1. The summed E-state index contributed by atoms with van der Waals surface area (Å²) in [6.07, 6.45) is 4.20. The fourth-order valence-electron chi connectivity index (χ4n) is 1.57. The molecule has 1 aliphatic rings. The van der Waals surface area contributed by atoms with E-state index in [-0.39, 0.29) is 11.9 Å². The molecule has 4 nitrogen and oxygen atoms in total. The smallest absolute Gasteiger partial charge is 0.225 e. The van der Waals surface area contributed by atoms with E-state index in [1.165, 1.54) is 6.20 Å². The molecule has 86 valence electrons. The minimum Gasteiger partial charge on any atom is -0.327 e. The molecule has 1 atom stereocenters. The molecular weight excluding hydrogens is 226 g/mol. The van der Waals surface area contributed by atoms with Crippen molar-refractivity contribution in [3.63, 3.8) is 0 Å². The topological polar surface area (TPSA) is 68.0 Å². The van der Waals surface area contributed by atoms with E-state index in [4.69, 9.17) is 17.3 Å². The fraction of sp³-hybridized carbons (Fsp3) is 0.455. The molecule has 0 radical (unpaired) electrons. The molecule has 0 saturated heterocycles. The number of nitrogens with one attached hydrogen (secondary N) is 1. The van der Waals surface area contributed by atoms with Crippen LogP contribution in [-0.4, -0.2) is 16.9 Å². The van der Waals surface area contributed by atoms with Gasteiger partial charge in [0.1, 0.15) is 5.15 Å². The molecule has 1 aromatic rings. The highest BCUT2D eigenvalue weighted by Crippen LogP contribution is 2.32. The summed E-state index contributed by atoms with van der Waals surface area (Å²) < 4.78 is 0. The number of carbonyl (C=O) groups is 1. The van der Waals surface area contributed by atoms with Crippen molar-refractivity contribution in [3.8, 4) is 0 Å².